The number of amides is 2. The molecule has 0 aromatic carbocycles. The van der Waals surface area contributed by atoms with Gasteiger partial charge in [-0.2, -0.15) is 13.2 Å². The second-order valence-electron chi connectivity index (χ2n) is 7.23. The Kier molecular flexibility index (Phi) is 7.26. The highest BCUT2D eigenvalue weighted by Crippen LogP contribution is 2.36. The molecule has 1 saturated heterocycles. The van der Waals surface area contributed by atoms with Crippen molar-refractivity contribution in [3.63, 3.8) is 0 Å². The van der Waals surface area contributed by atoms with E-state index in [1.807, 2.05) is 13.8 Å². The first-order chi connectivity index (χ1) is 13.1. The van der Waals surface area contributed by atoms with E-state index in [9.17, 15) is 22.8 Å². The zero-order chi connectivity index (χ0) is 20.9. The SMILES string of the molecule is CCN(CC(=O)NC(C)C)C(=O)[C@H]1CCCN(c2ncccc2C(F)(F)F)C1. The maximum atomic E-state index is 13.3. The van der Waals surface area contributed by atoms with Gasteiger partial charge in [0.1, 0.15) is 5.82 Å². The molecule has 1 aromatic heterocycles. The lowest BCUT2D eigenvalue weighted by Crippen LogP contribution is -2.48. The molecule has 1 atom stereocenters. The zero-order valence-corrected chi connectivity index (χ0v) is 16.4. The smallest absolute Gasteiger partial charge is 0.355 e. The van der Waals surface area contributed by atoms with E-state index in [2.05, 4.69) is 10.3 Å². The maximum absolute atomic E-state index is 13.3. The molecule has 0 radical (unpaired) electrons. The van der Waals surface area contributed by atoms with E-state index in [1.165, 1.54) is 22.1 Å². The third kappa shape index (κ3) is 5.59. The summed E-state index contributed by atoms with van der Waals surface area (Å²) in [6.07, 6.45) is -2.03. The highest BCUT2D eigenvalue weighted by atomic mass is 19.4. The van der Waals surface area contributed by atoms with Gasteiger partial charge in [0.25, 0.3) is 0 Å². The molecule has 9 heteroatoms. The third-order valence-corrected chi connectivity index (χ3v) is 4.64. The molecule has 2 rings (SSSR count). The standard InChI is InChI=1S/C19H27F3N4O2/c1-4-25(12-16(27)24-13(2)3)18(28)14-7-6-10-26(11-14)17-15(19(20,21)22)8-5-9-23-17/h5,8-9,13-14H,4,6-7,10-12H2,1-3H3,(H,24,27)/t14-/m0/s1. The Balaban J connectivity index is 2.12. The van der Waals surface area contributed by atoms with Crippen LogP contribution in [0.5, 0.6) is 0 Å². The number of rotatable bonds is 6. The fourth-order valence-electron chi connectivity index (χ4n) is 3.39. The van der Waals surface area contributed by atoms with Crippen LogP contribution in [0.3, 0.4) is 0 Å². The van der Waals surface area contributed by atoms with Crippen molar-refractivity contribution >= 4 is 17.6 Å². The highest BCUT2D eigenvalue weighted by Gasteiger charge is 2.38. The van der Waals surface area contributed by atoms with Crippen molar-refractivity contribution in [3.05, 3.63) is 23.9 Å². The summed E-state index contributed by atoms with van der Waals surface area (Å²) in [6, 6.07) is 2.23. The van der Waals surface area contributed by atoms with E-state index in [1.54, 1.807) is 6.92 Å². The first-order valence-corrected chi connectivity index (χ1v) is 9.48. The summed E-state index contributed by atoms with van der Waals surface area (Å²) in [6.45, 7) is 6.31. The summed E-state index contributed by atoms with van der Waals surface area (Å²) in [5.41, 5.74) is -0.799. The van der Waals surface area contributed by atoms with Crippen LogP contribution in [0.1, 0.15) is 39.2 Å². The molecule has 6 nitrogen and oxygen atoms in total. The molecular weight excluding hydrogens is 373 g/mol. The number of piperidine rings is 1. The van der Waals surface area contributed by atoms with Crippen LogP contribution in [0.25, 0.3) is 0 Å². The summed E-state index contributed by atoms with van der Waals surface area (Å²) in [7, 11) is 0. The van der Waals surface area contributed by atoms with Gasteiger partial charge < -0.3 is 15.1 Å². The van der Waals surface area contributed by atoms with Crippen molar-refractivity contribution in [1.29, 1.82) is 0 Å². The van der Waals surface area contributed by atoms with Gasteiger partial charge >= 0.3 is 6.18 Å². The highest BCUT2D eigenvalue weighted by molar-refractivity contribution is 5.86. The Bertz CT molecular complexity index is 694. The Morgan fingerprint density at radius 3 is 2.71 bits per heavy atom. The zero-order valence-electron chi connectivity index (χ0n) is 16.4. The maximum Gasteiger partial charge on any atom is 0.419 e. The number of pyridine rings is 1. The monoisotopic (exact) mass is 400 g/mol. The molecule has 1 N–H and O–H groups in total. The predicted molar refractivity (Wildman–Crippen MR) is 99.7 cm³/mol. The molecule has 2 amide bonds. The predicted octanol–water partition coefficient (Wildman–Crippen LogP) is 2.69. The van der Waals surface area contributed by atoms with Gasteiger partial charge in [0.2, 0.25) is 11.8 Å². The first-order valence-electron chi connectivity index (χ1n) is 9.48. The van der Waals surface area contributed by atoms with Gasteiger partial charge in [-0.05, 0) is 45.7 Å². The Hall–Kier alpha value is -2.32. The molecule has 1 aromatic rings. The molecule has 0 saturated carbocycles. The van der Waals surface area contributed by atoms with E-state index in [0.29, 0.717) is 25.9 Å². The number of aromatic nitrogens is 1. The van der Waals surface area contributed by atoms with Crippen LogP contribution in [0, 0.1) is 5.92 Å². The van der Waals surface area contributed by atoms with Crippen molar-refractivity contribution in [3.8, 4) is 0 Å². The number of hydrogen-bond acceptors (Lipinski definition) is 4. The van der Waals surface area contributed by atoms with Crippen LogP contribution in [-0.4, -0.2) is 53.9 Å². The minimum absolute atomic E-state index is 0.0311. The number of carbonyl (C=O) groups excluding carboxylic acids is 2. The van der Waals surface area contributed by atoms with Gasteiger partial charge in [-0.1, -0.05) is 0 Å². The van der Waals surface area contributed by atoms with Gasteiger partial charge in [-0.3, -0.25) is 9.59 Å². The average molecular weight is 400 g/mol. The second kappa shape index (κ2) is 9.25. The van der Waals surface area contributed by atoms with Gasteiger partial charge in [-0.25, -0.2) is 4.98 Å². The van der Waals surface area contributed by atoms with E-state index < -0.39 is 17.7 Å². The van der Waals surface area contributed by atoms with Gasteiger partial charge in [0.05, 0.1) is 18.0 Å². The number of carbonyl (C=O) groups is 2. The van der Waals surface area contributed by atoms with Gasteiger partial charge in [0.15, 0.2) is 0 Å². The fraction of sp³-hybridized carbons (Fsp3) is 0.632. The Labute approximate surface area is 163 Å². The molecule has 0 bridgehead atoms. The molecule has 2 heterocycles. The number of anilines is 1. The lowest BCUT2D eigenvalue weighted by molar-refractivity contribution is -0.139. The topological polar surface area (TPSA) is 65.5 Å². The van der Waals surface area contributed by atoms with Crippen molar-refractivity contribution in [1.82, 2.24) is 15.2 Å². The molecule has 1 aliphatic heterocycles. The van der Waals surface area contributed by atoms with Crippen molar-refractivity contribution in [2.75, 3.05) is 31.1 Å². The summed E-state index contributed by atoms with van der Waals surface area (Å²) < 4.78 is 39.9. The molecule has 156 valence electrons. The number of hydrogen-bond donors (Lipinski definition) is 1. The van der Waals surface area contributed by atoms with E-state index in [4.69, 9.17) is 0 Å². The number of nitrogens with one attached hydrogen (secondary N) is 1. The number of likely N-dealkylation sites (N-methyl/N-ethyl adjacent to an activating group) is 1. The van der Waals surface area contributed by atoms with Crippen molar-refractivity contribution in [2.24, 2.45) is 5.92 Å². The molecule has 0 aliphatic carbocycles. The normalized spacial score (nSPS) is 17.5. The number of nitrogens with zero attached hydrogens (tertiary/aromatic N) is 3. The largest absolute Gasteiger partial charge is 0.419 e. The molecular formula is C19H27F3N4O2. The van der Waals surface area contributed by atoms with Crippen LogP contribution >= 0.6 is 0 Å². The van der Waals surface area contributed by atoms with Gasteiger partial charge in [-0.15, -0.1) is 0 Å². The number of alkyl halides is 3. The first kappa shape index (κ1) is 22.0. The fourth-order valence-corrected chi connectivity index (χ4v) is 3.39. The minimum atomic E-state index is -4.51. The van der Waals surface area contributed by atoms with Crippen LogP contribution in [-0.2, 0) is 15.8 Å². The quantitative estimate of drug-likeness (QED) is 0.798. The second-order valence-corrected chi connectivity index (χ2v) is 7.23. The number of halogens is 3. The van der Waals surface area contributed by atoms with Crippen LogP contribution in [0.15, 0.2) is 18.3 Å². The van der Waals surface area contributed by atoms with E-state index in [0.717, 1.165) is 6.07 Å². The van der Waals surface area contributed by atoms with E-state index in [-0.39, 0.29) is 36.8 Å². The summed E-state index contributed by atoms with van der Waals surface area (Å²) in [5.74, 6) is -1.07. The summed E-state index contributed by atoms with van der Waals surface area (Å²) in [5, 5.41) is 2.75. The lowest BCUT2D eigenvalue weighted by atomic mass is 9.96. The molecule has 0 spiro atoms. The Morgan fingerprint density at radius 2 is 2.11 bits per heavy atom. The van der Waals surface area contributed by atoms with Gasteiger partial charge in [0, 0.05) is 31.9 Å². The summed E-state index contributed by atoms with van der Waals surface area (Å²) in [4.78, 5) is 31.8. The molecule has 1 aliphatic rings. The molecule has 28 heavy (non-hydrogen) atoms. The Morgan fingerprint density at radius 1 is 1.39 bits per heavy atom. The van der Waals surface area contributed by atoms with Crippen LogP contribution in [0.4, 0.5) is 19.0 Å². The summed E-state index contributed by atoms with van der Waals surface area (Å²) >= 11 is 0. The van der Waals surface area contributed by atoms with E-state index >= 15 is 0 Å². The minimum Gasteiger partial charge on any atom is -0.355 e. The molecule has 1 fully saturated rings. The molecule has 0 unspecified atom stereocenters. The lowest BCUT2D eigenvalue weighted by Gasteiger charge is -2.36. The average Bonchev–Trinajstić information content (AvgIpc) is 2.64. The van der Waals surface area contributed by atoms with Crippen molar-refractivity contribution < 1.29 is 22.8 Å². The van der Waals surface area contributed by atoms with Crippen LogP contribution < -0.4 is 10.2 Å². The van der Waals surface area contributed by atoms with Crippen LogP contribution in [0.2, 0.25) is 0 Å². The van der Waals surface area contributed by atoms with Crippen molar-refractivity contribution in [2.45, 2.75) is 45.8 Å². The third-order valence-electron chi connectivity index (χ3n) is 4.64.